The molecule has 0 unspecified atom stereocenters. The van der Waals surface area contributed by atoms with Crippen LogP contribution in [0.2, 0.25) is 5.02 Å². The molecule has 10 heteroatoms. The molecule has 0 aliphatic carbocycles. The Morgan fingerprint density at radius 3 is 2.53 bits per heavy atom. The molecular weight excluding hydrogens is 444 g/mol. The van der Waals surface area contributed by atoms with E-state index in [4.69, 9.17) is 11.6 Å². The van der Waals surface area contributed by atoms with Gasteiger partial charge in [0, 0.05) is 37.0 Å². The summed E-state index contributed by atoms with van der Waals surface area (Å²) in [5.41, 5.74) is 1.73. The number of likely N-dealkylation sites (tertiary alicyclic amines) is 1. The predicted octanol–water partition coefficient (Wildman–Crippen LogP) is 4.15. The lowest BCUT2D eigenvalue weighted by molar-refractivity contribution is 0.0796. The second-order valence-corrected chi connectivity index (χ2v) is 10.3. The van der Waals surface area contributed by atoms with E-state index >= 15 is 0 Å². The molecule has 1 aliphatic heterocycles. The summed E-state index contributed by atoms with van der Waals surface area (Å²) in [4.78, 5) is 19.9. The number of rotatable bonds is 5. The Bertz CT molecular complexity index is 1190. The van der Waals surface area contributed by atoms with Crippen LogP contribution in [0.15, 0.2) is 41.4 Å². The predicted molar refractivity (Wildman–Crippen MR) is 119 cm³/mol. The van der Waals surface area contributed by atoms with E-state index in [0.717, 1.165) is 25.9 Å². The minimum Gasteiger partial charge on any atom is -0.347 e. The Labute approximate surface area is 184 Å². The van der Waals surface area contributed by atoms with Gasteiger partial charge < -0.3 is 9.47 Å². The average Bonchev–Trinajstić information content (AvgIpc) is 3.43. The number of hydrogen-bond acceptors (Lipinski definition) is 5. The second kappa shape index (κ2) is 8.05. The van der Waals surface area contributed by atoms with E-state index < -0.39 is 10.0 Å². The lowest BCUT2D eigenvalue weighted by Crippen LogP contribution is -2.27. The summed E-state index contributed by atoms with van der Waals surface area (Å²) in [5.74, 6) is 0.000194. The number of sulfonamides is 1. The van der Waals surface area contributed by atoms with E-state index in [1.165, 1.54) is 17.5 Å². The largest absolute Gasteiger partial charge is 0.347 e. The van der Waals surface area contributed by atoms with Crippen molar-refractivity contribution in [3.63, 3.8) is 0 Å². The molecule has 4 rings (SSSR count). The molecule has 1 saturated heterocycles. The molecule has 2 aromatic heterocycles. The van der Waals surface area contributed by atoms with Gasteiger partial charge in [-0.25, -0.2) is 13.4 Å². The molecule has 1 N–H and O–H groups in total. The van der Waals surface area contributed by atoms with Gasteiger partial charge in [0.05, 0.1) is 11.4 Å². The van der Waals surface area contributed by atoms with Crippen molar-refractivity contribution in [3.8, 4) is 10.7 Å². The number of hydrogen-bond donors (Lipinski definition) is 1. The molecule has 7 nitrogen and oxygen atoms in total. The van der Waals surface area contributed by atoms with Crippen LogP contribution in [0.3, 0.4) is 0 Å². The van der Waals surface area contributed by atoms with Gasteiger partial charge >= 0.3 is 0 Å². The Hall–Kier alpha value is -2.36. The molecule has 0 bridgehead atoms. The van der Waals surface area contributed by atoms with Crippen LogP contribution < -0.4 is 4.72 Å². The van der Waals surface area contributed by atoms with Crippen LogP contribution in [0.4, 0.5) is 5.69 Å². The fourth-order valence-electron chi connectivity index (χ4n) is 3.39. The van der Waals surface area contributed by atoms with Gasteiger partial charge in [-0.05, 0) is 50.1 Å². The van der Waals surface area contributed by atoms with Crippen molar-refractivity contribution in [1.82, 2.24) is 14.5 Å². The highest BCUT2D eigenvalue weighted by Crippen LogP contribution is 2.32. The van der Waals surface area contributed by atoms with Crippen LogP contribution >= 0.6 is 22.9 Å². The van der Waals surface area contributed by atoms with Gasteiger partial charge in [-0.2, -0.15) is 0 Å². The molecule has 1 aliphatic rings. The number of carbonyl (C=O) groups is 1. The third-order valence-electron chi connectivity index (χ3n) is 4.99. The summed E-state index contributed by atoms with van der Waals surface area (Å²) in [6.45, 7) is 3.36. The normalized spacial score (nSPS) is 14.3. The van der Waals surface area contributed by atoms with E-state index in [2.05, 4.69) is 9.71 Å². The van der Waals surface area contributed by atoms with Gasteiger partial charge in [-0.3, -0.25) is 9.52 Å². The Morgan fingerprint density at radius 2 is 1.87 bits per heavy atom. The van der Waals surface area contributed by atoms with Crippen LogP contribution in [0.25, 0.3) is 10.7 Å². The summed E-state index contributed by atoms with van der Waals surface area (Å²) in [7, 11) is -2.02. The van der Waals surface area contributed by atoms with Gasteiger partial charge in [0.2, 0.25) is 0 Å². The highest BCUT2D eigenvalue weighted by atomic mass is 35.5. The Morgan fingerprint density at radius 1 is 1.20 bits per heavy atom. The zero-order valence-corrected chi connectivity index (χ0v) is 18.9. The quantitative estimate of drug-likeness (QED) is 0.614. The molecule has 0 atom stereocenters. The first-order valence-corrected chi connectivity index (χ1v) is 12.1. The lowest BCUT2D eigenvalue weighted by atomic mass is 10.3. The van der Waals surface area contributed by atoms with Crippen LogP contribution in [-0.4, -0.2) is 41.9 Å². The Kier molecular flexibility index (Phi) is 5.61. The number of halogens is 1. The monoisotopic (exact) mass is 464 g/mol. The van der Waals surface area contributed by atoms with Gasteiger partial charge in [0.1, 0.15) is 14.8 Å². The fraction of sp³-hybridized carbons (Fsp3) is 0.300. The van der Waals surface area contributed by atoms with E-state index in [1.807, 2.05) is 11.8 Å². The lowest BCUT2D eigenvalue weighted by Gasteiger charge is -2.13. The first-order valence-electron chi connectivity index (χ1n) is 9.46. The van der Waals surface area contributed by atoms with E-state index in [1.54, 1.807) is 41.9 Å². The molecule has 0 spiro atoms. The SMILES string of the molecule is Cc1nc(-c2cc(S(=O)(=O)Nc3ccc(Cl)cc3)cn2C)sc1C(=O)N1CCCC1. The standard InChI is InChI=1S/C20H21ClN4O3S2/c1-13-18(20(26)25-9-3-4-10-25)29-19(22-13)17-11-16(12-24(17)2)30(27,28)23-15-7-5-14(21)6-8-15/h5-8,11-12,23H,3-4,9-10H2,1-2H3. The second-order valence-electron chi connectivity index (χ2n) is 7.22. The highest BCUT2D eigenvalue weighted by Gasteiger charge is 2.26. The first kappa shape index (κ1) is 20.9. The van der Waals surface area contributed by atoms with Crippen molar-refractivity contribution in [2.45, 2.75) is 24.7 Å². The molecular formula is C20H21ClN4O3S2. The molecule has 1 amide bonds. The van der Waals surface area contributed by atoms with Gasteiger partial charge in [-0.1, -0.05) is 11.6 Å². The first-order chi connectivity index (χ1) is 14.2. The molecule has 158 valence electrons. The van der Waals surface area contributed by atoms with Crippen molar-refractivity contribution in [2.24, 2.45) is 7.05 Å². The van der Waals surface area contributed by atoms with E-state index in [9.17, 15) is 13.2 Å². The molecule has 1 aromatic carbocycles. The number of anilines is 1. The summed E-state index contributed by atoms with van der Waals surface area (Å²) >= 11 is 7.16. The van der Waals surface area contributed by atoms with Crippen molar-refractivity contribution >= 4 is 44.6 Å². The van der Waals surface area contributed by atoms with Crippen molar-refractivity contribution in [2.75, 3.05) is 17.8 Å². The number of nitrogens with one attached hydrogen (secondary N) is 1. The molecule has 1 fully saturated rings. The van der Waals surface area contributed by atoms with Crippen molar-refractivity contribution < 1.29 is 13.2 Å². The number of carbonyl (C=O) groups excluding carboxylic acids is 1. The van der Waals surface area contributed by atoms with Crippen LogP contribution in [0.1, 0.15) is 28.2 Å². The summed E-state index contributed by atoms with van der Waals surface area (Å²) in [5, 5.41) is 1.14. The number of aromatic nitrogens is 2. The zero-order valence-electron chi connectivity index (χ0n) is 16.6. The topological polar surface area (TPSA) is 84.3 Å². The van der Waals surface area contributed by atoms with Gasteiger partial charge in [-0.15, -0.1) is 11.3 Å². The van der Waals surface area contributed by atoms with E-state index in [0.29, 0.717) is 32.0 Å². The van der Waals surface area contributed by atoms with Crippen molar-refractivity contribution in [1.29, 1.82) is 0 Å². The third kappa shape index (κ3) is 4.10. The van der Waals surface area contributed by atoms with E-state index in [-0.39, 0.29) is 10.8 Å². The third-order valence-corrected chi connectivity index (χ3v) is 7.76. The van der Waals surface area contributed by atoms with Gasteiger partial charge in [0.15, 0.2) is 0 Å². The fourth-order valence-corrected chi connectivity index (χ4v) is 5.74. The summed E-state index contributed by atoms with van der Waals surface area (Å²) < 4.78 is 29.9. The van der Waals surface area contributed by atoms with Crippen molar-refractivity contribution in [3.05, 3.63) is 52.1 Å². The minimum absolute atomic E-state index is 0.000194. The van der Waals surface area contributed by atoms with Crippen LogP contribution in [-0.2, 0) is 17.1 Å². The number of aryl methyl sites for hydroxylation is 2. The number of nitrogens with zero attached hydrogens (tertiary/aromatic N) is 3. The summed E-state index contributed by atoms with van der Waals surface area (Å²) in [6.07, 6.45) is 3.58. The highest BCUT2D eigenvalue weighted by molar-refractivity contribution is 7.92. The maximum absolute atomic E-state index is 12.8. The molecule has 0 saturated carbocycles. The maximum Gasteiger partial charge on any atom is 0.265 e. The van der Waals surface area contributed by atoms with Crippen LogP contribution in [0, 0.1) is 6.92 Å². The van der Waals surface area contributed by atoms with Gasteiger partial charge in [0.25, 0.3) is 15.9 Å². The molecule has 3 aromatic rings. The number of benzene rings is 1. The van der Waals surface area contributed by atoms with Crippen LogP contribution in [0.5, 0.6) is 0 Å². The molecule has 0 radical (unpaired) electrons. The molecule has 3 heterocycles. The molecule has 30 heavy (non-hydrogen) atoms. The minimum atomic E-state index is -3.78. The number of thiazole rings is 1. The zero-order chi connectivity index (χ0) is 21.5. The smallest absolute Gasteiger partial charge is 0.265 e. The average molecular weight is 465 g/mol. The maximum atomic E-state index is 12.8. The summed E-state index contributed by atoms with van der Waals surface area (Å²) in [6, 6.07) is 8.01. The Balaban J connectivity index is 1.62. The number of amides is 1.